The van der Waals surface area contributed by atoms with Gasteiger partial charge in [0.05, 0.1) is 11.7 Å². The Balaban J connectivity index is 1.85. The number of para-hydroxylation sites is 1. The zero-order valence-electron chi connectivity index (χ0n) is 11.2. The number of carbonyl (C=O) groups excluding carboxylic acids is 1. The van der Waals surface area contributed by atoms with Crippen LogP contribution >= 0.6 is 0 Å². The zero-order valence-corrected chi connectivity index (χ0v) is 11.2. The Morgan fingerprint density at radius 3 is 2.81 bits per heavy atom. The summed E-state index contributed by atoms with van der Waals surface area (Å²) in [5.74, 6) is -1.25. The molecule has 1 saturated carbocycles. The number of hydrogen-bond donors (Lipinski definition) is 2. The molecule has 1 heterocycles. The molecule has 1 aliphatic rings. The number of ether oxygens (including phenoxy) is 1. The van der Waals surface area contributed by atoms with Gasteiger partial charge in [-0.3, -0.25) is 9.78 Å². The maximum Gasteiger partial charge on any atom is 0.340 e. The van der Waals surface area contributed by atoms with Gasteiger partial charge >= 0.3 is 5.97 Å². The van der Waals surface area contributed by atoms with Crippen molar-refractivity contribution in [3.8, 4) is 5.75 Å². The van der Waals surface area contributed by atoms with Gasteiger partial charge in [-0.05, 0) is 18.9 Å². The molecule has 0 spiro atoms. The van der Waals surface area contributed by atoms with Gasteiger partial charge in [0.15, 0.2) is 12.4 Å². The summed E-state index contributed by atoms with van der Waals surface area (Å²) < 4.78 is 5.34. The van der Waals surface area contributed by atoms with Crippen LogP contribution in [0.25, 0.3) is 10.9 Å². The van der Waals surface area contributed by atoms with E-state index in [-0.39, 0.29) is 29.9 Å². The number of carboxylic acids is 1. The average molecular weight is 286 g/mol. The minimum atomic E-state index is -1.11. The number of aromatic nitrogens is 1. The molecular weight excluding hydrogens is 272 g/mol. The molecule has 2 aromatic rings. The van der Waals surface area contributed by atoms with Crippen LogP contribution in [-0.4, -0.2) is 34.6 Å². The Bertz CT molecular complexity index is 710. The normalized spacial score (nSPS) is 13.9. The van der Waals surface area contributed by atoms with Gasteiger partial charge in [-0.15, -0.1) is 0 Å². The van der Waals surface area contributed by atoms with Gasteiger partial charge in [0.2, 0.25) is 0 Å². The number of fused-ring (bicyclic) bond motifs is 1. The highest BCUT2D eigenvalue weighted by molar-refractivity contribution is 6.04. The van der Waals surface area contributed by atoms with Crippen molar-refractivity contribution in [1.82, 2.24) is 10.3 Å². The van der Waals surface area contributed by atoms with E-state index in [4.69, 9.17) is 4.74 Å². The summed E-state index contributed by atoms with van der Waals surface area (Å²) in [6, 6.07) is 7.16. The van der Waals surface area contributed by atoms with Crippen molar-refractivity contribution in [1.29, 1.82) is 0 Å². The number of carboxylic acid groups (broad SMARTS) is 1. The van der Waals surface area contributed by atoms with Gasteiger partial charge in [-0.1, -0.05) is 18.2 Å². The van der Waals surface area contributed by atoms with Gasteiger partial charge < -0.3 is 15.2 Å². The van der Waals surface area contributed by atoms with Crippen LogP contribution in [0, 0.1) is 0 Å². The maximum atomic E-state index is 11.6. The number of nitrogens with zero attached hydrogens (tertiary/aromatic N) is 1. The largest absolute Gasteiger partial charge is 0.481 e. The summed E-state index contributed by atoms with van der Waals surface area (Å²) in [6.07, 6.45) is 3.32. The summed E-state index contributed by atoms with van der Waals surface area (Å²) in [5, 5.41) is 12.6. The Hall–Kier alpha value is -2.63. The lowest BCUT2D eigenvalue weighted by Crippen LogP contribution is -2.30. The molecule has 1 aliphatic carbocycles. The van der Waals surface area contributed by atoms with E-state index in [1.165, 1.54) is 6.20 Å². The first-order chi connectivity index (χ1) is 10.1. The molecule has 6 heteroatoms. The van der Waals surface area contributed by atoms with Gasteiger partial charge in [-0.2, -0.15) is 0 Å². The van der Waals surface area contributed by atoms with E-state index in [0.717, 1.165) is 12.8 Å². The minimum Gasteiger partial charge on any atom is -0.481 e. The molecule has 108 valence electrons. The molecule has 0 radical (unpaired) electrons. The lowest BCUT2D eigenvalue weighted by atomic mass is 10.1. The van der Waals surface area contributed by atoms with Crippen LogP contribution in [0.3, 0.4) is 0 Å². The second kappa shape index (κ2) is 5.40. The van der Waals surface area contributed by atoms with E-state index in [9.17, 15) is 14.7 Å². The number of aromatic carboxylic acids is 1. The van der Waals surface area contributed by atoms with Crippen molar-refractivity contribution in [3.05, 3.63) is 36.0 Å². The van der Waals surface area contributed by atoms with Crippen LogP contribution in [0.2, 0.25) is 0 Å². The summed E-state index contributed by atoms with van der Waals surface area (Å²) in [4.78, 5) is 27.2. The molecule has 1 aromatic heterocycles. The van der Waals surface area contributed by atoms with Crippen LogP contribution < -0.4 is 10.1 Å². The third-order valence-electron chi connectivity index (χ3n) is 3.26. The first-order valence-electron chi connectivity index (χ1n) is 6.68. The highest BCUT2D eigenvalue weighted by atomic mass is 16.5. The predicted octanol–water partition coefficient (Wildman–Crippen LogP) is 1.59. The van der Waals surface area contributed by atoms with E-state index >= 15 is 0 Å². The number of rotatable bonds is 5. The van der Waals surface area contributed by atoms with Crippen molar-refractivity contribution >= 4 is 22.8 Å². The number of nitrogens with one attached hydrogen (secondary N) is 1. The van der Waals surface area contributed by atoms with Crippen LogP contribution in [0.4, 0.5) is 0 Å². The Morgan fingerprint density at radius 1 is 1.33 bits per heavy atom. The molecule has 21 heavy (non-hydrogen) atoms. The predicted molar refractivity (Wildman–Crippen MR) is 75.4 cm³/mol. The fourth-order valence-corrected chi connectivity index (χ4v) is 2.09. The Labute approximate surface area is 120 Å². The number of benzene rings is 1. The Kier molecular flexibility index (Phi) is 3.43. The van der Waals surface area contributed by atoms with Crippen molar-refractivity contribution < 1.29 is 19.4 Å². The van der Waals surface area contributed by atoms with Crippen molar-refractivity contribution in [3.63, 3.8) is 0 Å². The summed E-state index contributed by atoms with van der Waals surface area (Å²) in [6.45, 7) is -0.212. The standard InChI is InChI=1S/C15H14N2O4/c18-13(17-9-5-6-9)8-21-12-7-16-11-4-2-1-3-10(11)14(12)15(19)20/h1-4,7,9H,5-6,8H2,(H,17,18)(H,19,20). The zero-order chi connectivity index (χ0) is 14.8. The molecule has 1 fully saturated rings. The summed E-state index contributed by atoms with van der Waals surface area (Å²) >= 11 is 0. The fraction of sp³-hybridized carbons (Fsp3) is 0.267. The SMILES string of the molecule is O=C(COc1cnc2ccccc2c1C(=O)O)NC1CC1. The smallest absolute Gasteiger partial charge is 0.340 e. The second-order valence-electron chi connectivity index (χ2n) is 4.95. The van der Waals surface area contributed by atoms with Crippen LogP contribution in [0.15, 0.2) is 30.5 Å². The van der Waals surface area contributed by atoms with E-state index in [1.807, 2.05) is 0 Å². The van der Waals surface area contributed by atoms with Crippen molar-refractivity contribution in [2.24, 2.45) is 0 Å². The molecule has 2 N–H and O–H groups in total. The topological polar surface area (TPSA) is 88.5 Å². The monoisotopic (exact) mass is 286 g/mol. The summed E-state index contributed by atoms with van der Waals surface area (Å²) in [5.41, 5.74) is 0.601. The lowest BCUT2D eigenvalue weighted by molar-refractivity contribution is -0.123. The van der Waals surface area contributed by atoms with Crippen molar-refractivity contribution in [2.75, 3.05) is 6.61 Å². The maximum absolute atomic E-state index is 11.6. The van der Waals surface area contributed by atoms with Gasteiger partial charge in [0, 0.05) is 11.4 Å². The van der Waals surface area contributed by atoms with Crippen LogP contribution in [0.5, 0.6) is 5.75 Å². The number of carbonyl (C=O) groups is 2. The van der Waals surface area contributed by atoms with Gasteiger partial charge in [-0.25, -0.2) is 4.79 Å². The first kappa shape index (κ1) is 13.4. The quantitative estimate of drug-likeness (QED) is 0.871. The third-order valence-corrected chi connectivity index (χ3v) is 3.26. The number of amides is 1. The van der Waals surface area contributed by atoms with E-state index < -0.39 is 5.97 Å². The molecule has 0 unspecified atom stereocenters. The fourth-order valence-electron chi connectivity index (χ4n) is 2.09. The van der Waals surface area contributed by atoms with E-state index in [1.54, 1.807) is 24.3 Å². The van der Waals surface area contributed by atoms with Gasteiger partial charge in [0.1, 0.15) is 5.56 Å². The molecule has 1 amide bonds. The second-order valence-corrected chi connectivity index (χ2v) is 4.95. The third kappa shape index (κ3) is 2.94. The average Bonchev–Trinajstić information content (AvgIpc) is 3.28. The van der Waals surface area contributed by atoms with Crippen LogP contribution in [-0.2, 0) is 4.79 Å². The number of hydrogen-bond acceptors (Lipinski definition) is 4. The molecule has 3 rings (SSSR count). The molecular formula is C15H14N2O4. The Morgan fingerprint density at radius 2 is 2.10 bits per heavy atom. The molecule has 6 nitrogen and oxygen atoms in total. The van der Waals surface area contributed by atoms with Gasteiger partial charge in [0.25, 0.3) is 5.91 Å². The molecule has 0 atom stereocenters. The van der Waals surface area contributed by atoms with Crippen LogP contribution in [0.1, 0.15) is 23.2 Å². The van der Waals surface area contributed by atoms with E-state index in [0.29, 0.717) is 10.9 Å². The van der Waals surface area contributed by atoms with E-state index in [2.05, 4.69) is 10.3 Å². The summed E-state index contributed by atoms with van der Waals surface area (Å²) in [7, 11) is 0. The highest BCUT2D eigenvalue weighted by Crippen LogP contribution is 2.26. The highest BCUT2D eigenvalue weighted by Gasteiger charge is 2.24. The molecule has 0 saturated heterocycles. The molecule has 0 bridgehead atoms. The molecule has 0 aliphatic heterocycles. The number of pyridine rings is 1. The lowest BCUT2D eigenvalue weighted by Gasteiger charge is -2.10. The first-order valence-corrected chi connectivity index (χ1v) is 6.68. The van der Waals surface area contributed by atoms with Crippen molar-refractivity contribution in [2.45, 2.75) is 18.9 Å². The molecule has 1 aromatic carbocycles. The minimum absolute atomic E-state index is 0.0276.